The number of hydrogen-bond acceptors (Lipinski definition) is 4. The maximum absolute atomic E-state index is 13.1. The van der Waals surface area contributed by atoms with Gasteiger partial charge in [0.25, 0.3) is 0 Å². The van der Waals surface area contributed by atoms with E-state index in [0.717, 1.165) is 38.5 Å². The second-order valence-corrected chi connectivity index (χ2v) is 11.3. The topological polar surface area (TPSA) is 44.8 Å². The molecule has 0 heterocycles. The van der Waals surface area contributed by atoms with Gasteiger partial charge in [0.1, 0.15) is 0 Å². The monoisotopic (exact) mass is 490 g/mol. The molecule has 0 radical (unpaired) electrons. The van der Waals surface area contributed by atoms with Crippen molar-refractivity contribution < 1.29 is 18.1 Å². The van der Waals surface area contributed by atoms with Crippen molar-refractivity contribution in [3.05, 3.63) is 0 Å². The Kier molecular flexibility index (Phi) is 26.8. The second-order valence-electron chi connectivity index (χ2n) is 9.66. The van der Waals surface area contributed by atoms with Crippen LogP contribution in [-0.4, -0.2) is 19.8 Å². The molecule has 0 saturated carbocycles. The lowest BCUT2D eigenvalue weighted by atomic mass is 10.1. The fraction of sp³-hybridized carbons (Fsp3) is 1.00. The van der Waals surface area contributed by atoms with E-state index in [1.807, 2.05) is 0 Å². The van der Waals surface area contributed by atoms with Crippen LogP contribution in [0.4, 0.5) is 0 Å². The molecule has 0 aliphatic rings. The average Bonchev–Trinajstić information content (AvgIpc) is 2.81. The van der Waals surface area contributed by atoms with E-state index in [1.165, 1.54) is 103 Å². The molecule has 33 heavy (non-hydrogen) atoms. The lowest BCUT2D eigenvalue weighted by Crippen LogP contribution is -2.04. The Labute approximate surface area is 207 Å². The van der Waals surface area contributed by atoms with Crippen molar-refractivity contribution in [1.82, 2.24) is 0 Å². The minimum absolute atomic E-state index is 0.470. The van der Waals surface area contributed by atoms with E-state index >= 15 is 0 Å². The number of phosphoric acid groups is 1. The van der Waals surface area contributed by atoms with Gasteiger partial charge in [0.2, 0.25) is 0 Å². The first-order valence-corrected chi connectivity index (χ1v) is 16.2. The SMILES string of the molecule is CCCCCCCCCCCCOP(=O)(OCCCCCCCC)OCCCCCCCC. The smallest absolute Gasteiger partial charge is 0.287 e. The molecule has 0 unspecified atom stereocenters. The third-order valence-corrected chi connectivity index (χ3v) is 7.74. The number of hydrogen-bond donors (Lipinski definition) is 0. The van der Waals surface area contributed by atoms with E-state index in [1.54, 1.807) is 0 Å². The summed E-state index contributed by atoms with van der Waals surface area (Å²) in [5.41, 5.74) is 0. The summed E-state index contributed by atoms with van der Waals surface area (Å²) in [7, 11) is -3.42. The predicted octanol–water partition coefficient (Wildman–Crippen LogP) is 10.8. The van der Waals surface area contributed by atoms with Gasteiger partial charge < -0.3 is 0 Å². The molecule has 5 heteroatoms. The van der Waals surface area contributed by atoms with Crippen molar-refractivity contribution in [3.63, 3.8) is 0 Å². The molecule has 0 fully saturated rings. The summed E-state index contributed by atoms with van der Waals surface area (Å²) < 4.78 is 30.1. The maximum Gasteiger partial charge on any atom is 0.474 e. The molecule has 0 aromatic heterocycles. The van der Waals surface area contributed by atoms with Crippen LogP contribution in [0, 0.1) is 0 Å². The summed E-state index contributed by atoms with van der Waals surface area (Å²) in [4.78, 5) is 0. The molecule has 0 aromatic carbocycles. The summed E-state index contributed by atoms with van der Waals surface area (Å²) in [5, 5.41) is 0. The quantitative estimate of drug-likeness (QED) is 0.0808. The summed E-state index contributed by atoms with van der Waals surface area (Å²) in [6, 6.07) is 0. The molecule has 0 spiro atoms. The van der Waals surface area contributed by atoms with Gasteiger partial charge in [-0.2, -0.15) is 0 Å². The Morgan fingerprint density at radius 1 is 0.364 bits per heavy atom. The Morgan fingerprint density at radius 2 is 0.576 bits per heavy atom. The highest BCUT2D eigenvalue weighted by molar-refractivity contribution is 7.48. The molecule has 0 aromatic rings. The van der Waals surface area contributed by atoms with Crippen LogP contribution in [-0.2, 0) is 18.1 Å². The Hall–Kier alpha value is 0.110. The summed E-state index contributed by atoms with van der Waals surface area (Å²) in [5.74, 6) is 0. The number of phosphoric ester groups is 1. The standard InChI is InChI=1S/C28H59O4P/c1-4-7-10-13-16-17-18-19-22-25-28-32-33(29,30-26-23-20-14-11-8-5-2)31-27-24-21-15-12-9-6-3/h4-28H2,1-3H3. The van der Waals surface area contributed by atoms with Crippen LogP contribution in [0.5, 0.6) is 0 Å². The third kappa shape index (κ3) is 25.0. The first-order valence-electron chi connectivity index (χ1n) is 14.7. The lowest BCUT2D eigenvalue weighted by molar-refractivity contribution is 0.108. The Bertz CT molecular complexity index is 395. The highest BCUT2D eigenvalue weighted by Crippen LogP contribution is 2.50. The van der Waals surface area contributed by atoms with Crippen molar-refractivity contribution >= 4 is 7.82 Å². The van der Waals surface area contributed by atoms with Crippen LogP contribution < -0.4 is 0 Å². The minimum atomic E-state index is -3.42. The fourth-order valence-corrected chi connectivity index (χ4v) is 5.28. The normalized spacial score (nSPS) is 12.0. The van der Waals surface area contributed by atoms with E-state index < -0.39 is 7.82 Å². The zero-order chi connectivity index (χ0) is 24.3. The van der Waals surface area contributed by atoms with Gasteiger partial charge in [0.05, 0.1) is 19.8 Å². The zero-order valence-electron chi connectivity index (χ0n) is 22.8. The highest BCUT2D eigenvalue weighted by atomic mass is 31.2. The molecular formula is C28H59O4P. The summed E-state index contributed by atoms with van der Waals surface area (Å²) in [6.45, 7) is 8.13. The molecule has 0 aliphatic carbocycles. The van der Waals surface area contributed by atoms with Crippen molar-refractivity contribution in [3.8, 4) is 0 Å². The van der Waals surface area contributed by atoms with E-state index in [9.17, 15) is 4.57 Å². The molecule has 0 N–H and O–H groups in total. The van der Waals surface area contributed by atoms with E-state index in [2.05, 4.69) is 20.8 Å². The molecular weight excluding hydrogens is 431 g/mol. The average molecular weight is 491 g/mol. The molecule has 0 atom stereocenters. The molecule has 0 bridgehead atoms. The van der Waals surface area contributed by atoms with Crippen LogP contribution >= 0.6 is 7.82 Å². The maximum atomic E-state index is 13.1. The van der Waals surface area contributed by atoms with Crippen LogP contribution in [0.3, 0.4) is 0 Å². The highest BCUT2D eigenvalue weighted by Gasteiger charge is 2.26. The molecule has 0 rings (SSSR count). The Balaban J connectivity index is 4.00. The van der Waals surface area contributed by atoms with Gasteiger partial charge >= 0.3 is 7.82 Å². The Morgan fingerprint density at radius 3 is 0.818 bits per heavy atom. The van der Waals surface area contributed by atoms with E-state index in [-0.39, 0.29) is 0 Å². The first kappa shape index (κ1) is 33.1. The van der Waals surface area contributed by atoms with Crippen molar-refractivity contribution in [1.29, 1.82) is 0 Å². The van der Waals surface area contributed by atoms with Gasteiger partial charge in [0, 0.05) is 0 Å². The summed E-state index contributed by atoms with van der Waals surface area (Å²) in [6.07, 6.45) is 26.9. The van der Waals surface area contributed by atoms with E-state index in [0.29, 0.717) is 19.8 Å². The van der Waals surface area contributed by atoms with Crippen LogP contribution in [0.1, 0.15) is 162 Å². The summed E-state index contributed by atoms with van der Waals surface area (Å²) >= 11 is 0. The molecule has 0 saturated heterocycles. The molecule has 0 amide bonds. The fourth-order valence-electron chi connectivity index (χ4n) is 4.00. The van der Waals surface area contributed by atoms with Gasteiger partial charge in [-0.05, 0) is 19.3 Å². The van der Waals surface area contributed by atoms with Crippen LogP contribution in [0.15, 0.2) is 0 Å². The van der Waals surface area contributed by atoms with Crippen LogP contribution in [0.2, 0.25) is 0 Å². The lowest BCUT2D eigenvalue weighted by Gasteiger charge is -2.18. The first-order chi connectivity index (χ1) is 16.2. The largest absolute Gasteiger partial charge is 0.474 e. The third-order valence-electron chi connectivity index (χ3n) is 6.24. The van der Waals surface area contributed by atoms with Crippen molar-refractivity contribution in [2.24, 2.45) is 0 Å². The molecule has 4 nitrogen and oxygen atoms in total. The van der Waals surface area contributed by atoms with Gasteiger partial charge in [-0.1, -0.05) is 143 Å². The van der Waals surface area contributed by atoms with Crippen molar-refractivity contribution in [2.75, 3.05) is 19.8 Å². The minimum Gasteiger partial charge on any atom is -0.287 e. The number of rotatable bonds is 28. The second kappa shape index (κ2) is 26.7. The van der Waals surface area contributed by atoms with Gasteiger partial charge in [-0.25, -0.2) is 4.57 Å². The van der Waals surface area contributed by atoms with Crippen molar-refractivity contribution in [2.45, 2.75) is 162 Å². The van der Waals surface area contributed by atoms with E-state index in [4.69, 9.17) is 13.6 Å². The molecule has 0 aliphatic heterocycles. The molecule has 200 valence electrons. The number of unbranched alkanes of at least 4 members (excludes halogenated alkanes) is 19. The van der Waals surface area contributed by atoms with Gasteiger partial charge in [-0.15, -0.1) is 0 Å². The van der Waals surface area contributed by atoms with Crippen LogP contribution in [0.25, 0.3) is 0 Å². The predicted molar refractivity (Wildman–Crippen MR) is 144 cm³/mol. The van der Waals surface area contributed by atoms with Gasteiger partial charge in [-0.3, -0.25) is 13.6 Å². The zero-order valence-corrected chi connectivity index (χ0v) is 23.7. The van der Waals surface area contributed by atoms with Gasteiger partial charge in [0.15, 0.2) is 0 Å².